The van der Waals surface area contributed by atoms with Gasteiger partial charge in [0.15, 0.2) is 0 Å². The van der Waals surface area contributed by atoms with Crippen LogP contribution in [-0.4, -0.2) is 12.0 Å². The number of thiophene rings is 1. The van der Waals surface area contributed by atoms with Crippen LogP contribution in [0.4, 0.5) is 4.39 Å². The van der Waals surface area contributed by atoms with Crippen molar-refractivity contribution < 1.29 is 4.39 Å². The number of pyridine rings is 1. The molecule has 0 aliphatic rings. The molecule has 0 radical (unpaired) electrons. The maximum Gasteiger partial charge on any atom is 0.141 e. The van der Waals surface area contributed by atoms with Gasteiger partial charge in [-0.05, 0) is 40.7 Å². The summed E-state index contributed by atoms with van der Waals surface area (Å²) in [6.45, 7) is 0. The molecule has 0 bridgehead atoms. The van der Waals surface area contributed by atoms with Gasteiger partial charge < -0.3 is 5.32 Å². The Kier molecular flexibility index (Phi) is 3.68. The molecule has 2 rings (SSSR count). The van der Waals surface area contributed by atoms with Crippen molar-refractivity contribution in [3.8, 4) is 0 Å². The Bertz CT molecular complexity index is 486. The first-order valence-corrected chi connectivity index (χ1v) is 6.39. The third-order valence-corrected chi connectivity index (χ3v) is 3.98. The average Bonchev–Trinajstić information content (AvgIpc) is 2.66. The first-order valence-electron chi connectivity index (χ1n) is 4.72. The van der Waals surface area contributed by atoms with Crippen LogP contribution in [0.5, 0.6) is 0 Å². The lowest BCUT2D eigenvalue weighted by Crippen LogP contribution is -2.16. The molecule has 0 aromatic carbocycles. The molecule has 2 aromatic heterocycles. The van der Waals surface area contributed by atoms with Crippen molar-refractivity contribution in [2.45, 2.75) is 6.04 Å². The Hall–Kier alpha value is -0.780. The van der Waals surface area contributed by atoms with Crippen molar-refractivity contribution in [1.29, 1.82) is 0 Å². The van der Waals surface area contributed by atoms with Gasteiger partial charge in [0, 0.05) is 20.9 Å². The van der Waals surface area contributed by atoms with Gasteiger partial charge in [0.1, 0.15) is 5.82 Å². The second kappa shape index (κ2) is 5.03. The summed E-state index contributed by atoms with van der Waals surface area (Å²) in [6, 6.07) is 3.51. The number of halogens is 2. The van der Waals surface area contributed by atoms with Gasteiger partial charge in [-0.3, -0.25) is 4.98 Å². The molecule has 84 valence electrons. The fraction of sp³-hybridized carbons (Fsp3) is 0.182. The number of hydrogen-bond donors (Lipinski definition) is 1. The first-order chi connectivity index (χ1) is 7.70. The van der Waals surface area contributed by atoms with E-state index in [0.29, 0.717) is 0 Å². The molecule has 0 aliphatic carbocycles. The van der Waals surface area contributed by atoms with Crippen LogP contribution in [-0.2, 0) is 0 Å². The van der Waals surface area contributed by atoms with Crippen molar-refractivity contribution >= 4 is 27.3 Å². The minimum Gasteiger partial charge on any atom is -0.309 e. The van der Waals surface area contributed by atoms with Crippen LogP contribution in [0.1, 0.15) is 16.5 Å². The van der Waals surface area contributed by atoms with E-state index in [9.17, 15) is 4.39 Å². The molecule has 0 amide bonds. The van der Waals surface area contributed by atoms with E-state index in [4.69, 9.17) is 0 Å². The molecule has 0 aliphatic heterocycles. The highest BCUT2D eigenvalue weighted by Crippen LogP contribution is 2.29. The smallest absolute Gasteiger partial charge is 0.141 e. The maximum atomic E-state index is 13.1. The Labute approximate surface area is 106 Å². The van der Waals surface area contributed by atoms with Crippen molar-refractivity contribution in [2.24, 2.45) is 0 Å². The largest absolute Gasteiger partial charge is 0.309 e. The fourth-order valence-electron chi connectivity index (χ4n) is 1.54. The lowest BCUT2D eigenvalue weighted by molar-refractivity contribution is 0.610. The molecule has 16 heavy (non-hydrogen) atoms. The van der Waals surface area contributed by atoms with Crippen molar-refractivity contribution in [3.05, 3.63) is 50.6 Å². The quantitative estimate of drug-likeness (QED) is 0.940. The van der Waals surface area contributed by atoms with Crippen molar-refractivity contribution in [3.63, 3.8) is 0 Å². The highest BCUT2D eigenvalue weighted by Gasteiger charge is 2.14. The van der Waals surface area contributed by atoms with E-state index in [1.807, 2.05) is 18.5 Å². The van der Waals surface area contributed by atoms with E-state index in [1.165, 1.54) is 12.3 Å². The lowest BCUT2D eigenvalue weighted by Gasteiger charge is -2.14. The summed E-state index contributed by atoms with van der Waals surface area (Å²) in [5.41, 5.74) is 0.830. The van der Waals surface area contributed by atoms with E-state index in [-0.39, 0.29) is 11.9 Å². The zero-order valence-electron chi connectivity index (χ0n) is 8.58. The first kappa shape index (κ1) is 11.7. The molecule has 0 spiro atoms. The van der Waals surface area contributed by atoms with Crippen molar-refractivity contribution in [1.82, 2.24) is 10.3 Å². The molecule has 2 nitrogen and oxygen atoms in total. The van der Waals surface area contributed by atoms with E-state index in [2.05, 4.69) is 26.2 Å². The predicted octanol–water partition coefficient (Wildman–Crippen LogP) is 3.35. The SMILES string of the molecule is CNC(c1cncc(F)c1)c1cc(Br)cs1. The molecule has 0 saturated carbocycles. The third kappa shape index (κ3) is 2.48. The van der Waals surface area contributed by atoms with Crippen LogP contribution in [0.2, 0.25) is 0 Å². The molecule has 2 aromatic rings. The Balaban J connectivity index is 2.36. The highest BCUT2D eigenvalue weighted by molar-refractivity contribution is 9.10. The zero-order valence-corrected chi connectivity index (χ0v) is 11.0. The minimum absolute atomic E-state index is 0.0144. The van der Waals surface area contributed by atoms with E-state index in [0.717, 1.165) is 14.9 Å². The van der Waals surface area contributed by atoms with Gasteiger partial charge in [-0.15, -0.1) is 11.3 Å². The van der Waals surface area contributed by atoms with Crippen LogP contribution < -0.4 is 5.32 Å². The average molecular weight is 301 g/mol. The number of aromatic nitrogens is 1. The molecular weight excluding hydrogens is 291 g/mol. The summed E-state index contributed by atoms with van der Waals surface area (Å²) in [5, 5.41) is 5.16. The van der Waals surface area contributed by atoms with Gasteiger partial charge in [0.2, 0.25) is 0 Å². The molecule has 0 fully saturated rings. The summed E-state index contributed by atoms with van der Waals surface area (Å²) in [5.74, 6) is -0.312. The fourth-order valence-corrected chi connectivity index (χ4v) is 3.12. The van der Waals surface area contributed by atoms with Gasteiger partial charge in [0.25, 0.3) is 0 Å². The Morgan fingerprint density at radius 2 is 2.25 bits per heavy atom. The van der Waals surface area contributed by atoms with Gasteiger partial charge in [-0.2, -0.15) is 0 Å². The second-order valence-electron chi connectivity index (χ2n) is 3.33. The van der Waals surface area contributed by atoms with Crippen LogP contribution in [0.3, 0.4) is 0 Å². The van der Waals surface area contributed by atoms with E-state index >= 15 is 0 Å². The Morgan fingerprint density at radius 3 is 2.81 bits per heavy atom. The molecule has 1 unspecified atom stereocenters. The standard InChI is InChI=1S/C11H10BrFN2S/c1-14-11(10-3-8(12)6-16-10)7-2-9(13)5-15-4-7/h2-6,11,14H,1H3. The topological polar surface area (TPSA) is 24.9 Å². The van der Waals surface area contributed by atoms with E-state index < -0.39 is 0 Å². The van der Waals surface area contributed by atoms with Crippen LogP contribution in [0.25, 0.3) is 0 Å². The monoisotopic (exact) mass is 300 g/mol. The molecule has 1 N–H and O–H groups in total. The summed E-state index contributed by atoms with van der Waals surface area (Å²) in [6.07, 6.45) is 2.89. The van der Waals surface area contributed by atoms with Crippen LogP contribution >= 0.6 is 27.3 Å². The molecule has 1 atom stereocenters. The van der Waals surface area contributed by atoms with E-state index in [1.54, 1.807) is 17.5 Å². The van der Waals surface area contributed by atoms with Crippen LogP contribution in [0, 0.1) is 5.82 Å². The van der Waals surface area contributed by atoms with Gasteiger partial charge in [-0.1, -0.05) is 0 Å². The minimum atomic E-state index is -0.312. The highest BCUT2D eigenvalue weighted by atomic mass is 79.9. The molecular formula is C11H10BrFN2S. The normalized spacial score (nSPS) is 12.7. The molecule has 0 saturated heterocycles. The third-order valence-electron chi connectivity index (χ3n) is 2.22. The number of nitrogens with zero attached hydrogens (tertiary/aromatic N) is 1. The lowest BCUT2D eigenvalue weighted by atomic mass is 10.1. The summed E-state index contributed by atoms with van der Waals surface area (Å²) >= 11 is 5.03. The summed E-state index contributed by atoms with van der Waals surface area (Å²) in [4.78, 5) is 4.99. The van der Waals surface area contributed by atoms with Crippen molar-refractivity contribution in [2.75, 3.05) is 7.05 Å². The molecule has 5 heteroatoms. The number of hydrogen-bond acceptors (Lipinski definition) is 3. The van der Waals surface area contributed by atoms with Gasteiger partial charge >= 0.3 is 0 Å². The maximum absolute atomic E-state index is 13.1. The zero-order chi connectivity index (χ0) is 11.5. The molecule has 2 heterocycles. The number of rotatable bonds is 3. The van der Waals surface area contributed by atoms with Gasteiger partial charge in [-0.25, -0.2) is 4.39 Å². The number of nitrogens with one attached hydrogen (secondary N) is 1. The van der Waals surface area contributed by atoms with Crippen LogP contribution in [0.15, 0.2) is 34.4 Å². The predicted molar refractivity (Wildman–Crippen MR) is 67.1 cm³/mol. The second-order valence-corrected chi connectivity index (χ2v) is 5.18. The Morgan fingerprint density at radius 1 is 1.44 bits per heavy atom. The summed E-state index contributed by atoms with van der Waals surface area (Å²) in [7, 11) is 1.85. The van der Waals surface area contributed by atoms with Gasteiger partial charge in [0.05, 0.1) is 12.2 Å². The summed E-state index contributed by atoms with van der Waals surface area (Å²) < 4.78 is 14.1.